The van der Waals surface area contributed by atoms with Crippen LogP contribution in [0.15, 0.2) is 12.7 Å². The summed E-state index contributed by atoms with van der Waals surface area (Å²) < 4.78 is 14.2. The molecule has 4 amide bonds. The van der Waals surface area contributed by atoms with Crippen LogP contribution < -0.4 is 15.4 Å². The maximum absolute atomic E-state index is 12.7. The molecule has 2 aliphatic rings. The summed E-state index contributed by atoms with van der Waals surface area (Å²) in [5.74, 6) is -1.58. The lowest BCUT2D eigenvalue weighted by Gasteiger charge is -2.26. The predicted octanol–water partition coefficient (Wildman–Crippen LogP) is -0.362. The second kappa shape index (κ2) is 9.18. The maximum Gasteiger partial charge on any atom is 0.405 e. The Labute approximate surface area is 165 Å². The smallest absolute Gasteiger partial charge is 0.405 e. The van der Waals surface area contributed by atoms with Crippen molar-refractivity contribution in [1.82, 2.24) is 20.3 Å². The van der Waals surface area contributed by atoms with Crippen LogP contribution in [0, 0.1) is 0 Å². The number of hydrogen-bond acceptors (Lipinski definition) is 5. The molecule has 0 radical (unpaired) electrons. The SMILES string of the molecule is C=CCC(NC(=O)C1CCCN1C(=O)CNC(=O)O)C(=O)NS(=O)C1(C)CC1. The Bertz CT molecular complexity index is 693. The zero-order valence-electron chi connectivity index (χ0n) is 15.7. The number of nitrogens with one attached hydrogen (secondary N) is 3. The molecule has 1 aliphatic carbocycles. The molecule has 0 aromatic carbocycles. The highest BCUT2D eigenvalue weighted by molar-refractivity contribution is 7.85. The molecule has 0 bridgehead atoms. The van der Waals surface area contributed by atoms with Gasteiger partial charge in [0.15, 0.2) is 0 Å². The van der Waals surface area contributed by atoms with E-state index >= 15 is 0 Å². The number of hydrogen-bond donors (Lipinski definition) is 4. The quantitative estimate of drug-likeness (QED) is 0.379. The fourth-order valence-electron chi connectivity index (χ4n) is 2.90. The Kier molecular flexibility index (Phi) is 7.17. The van der Waals surface area contributed by atoms with Gasteiger partial charge in [-0.2, -0.15) is 0 Å². The standard InChI is InChI=1S/C17H26N4O6S/c1-3-5-11(14(23)20-28(27)17(2)7-8-17)19-15(24)12-6-4-9-21(12)13(22)10-18-16(25)26/h3,11-12,18H,1,4-10H2,2H3,(H,19,24)(H,20,23)(H,25,26). The Morgan fingerprint density at radius 1 is 1.36 bits per heavy atom. The van der Waals surface area contributed by atoms with Crippen LogP contribution in [0.1, 0.15) is 39.0 Å². The van der Waals surface area contributed by atoms with Crippen molar-refractivity contribution in [3.8, 4) is 0 Å². The Balaban J connectivity index is 1.97. The second-order valence-electron chi connectivity index (χ2n) is 7.17. The van der Waals surface area contributed by atoms with Crippen LogP contribution in [-0.4, -0.2) is 68.0 Å². The average Bonchev–Trinajstić information content (AvgIpc) is 3.20. The topological polar surface area (TPSA) is 145 Å². The molecule has 1 saturated heterocycles. The van der Waals surface area contributed by atoms with Gasteiger partial charge >= 0.3 is 6.09 Å². The molecule has 28 heavy (non-hydrogen) atoms. The van der Waals surface area contributed by atoms with E-state index in [-0.39, 0.29) is 6.42 Å². The van der Waals surface area contributed by atoms with Crippen molar-refractivity contribution < 1.29 is 28.5 Å². The molecular weight excluding hydrogens is 388 g/mol. The predicted molar refractivity (Wildman–Crippen MR) is 101 cm³/mol. The molecule has 0 spiro atoms. The maximum atomic E-state index is 12.7. The number of likely N-dealkylation sites (tertiary alicyclic amines) is 1. The second-order valence-corrected chi connectivity index (χ2v) is 8.90. The highest BCUT2D eigenvalue weighted by Crippen LogP contribution is 2.40. The minimum absolute atomic E-state index is 0.146. The molecule has 156 valence electrons. The molecule has 3 atom stereocenters. The van der Waals surface area contributed by atoms with Gasteiger partial charge in [-0.15, -0.1) is 6.58 Å². The number of rotatable bonds is 9. The normalized spacial score (nSPS) is 21.9. The van der Waals surface area contributed by atoms with E-state index in [0.29, 0.717) is 19.4 Å². The molecule has 1 saturated carbocycles. The number of amides is 4. The van der Waals surface area contributed by atoms with Gasteiger partial charge in [0.25, 0.3) is 5.91 Å². The van der Waals surface area contributed by atoms with Crippen LogP contribution in [0.2, 0.25) is 0 Å². The number of carboxylic acid groups (broad SMARTS) is 1. The van der Waals surface area contributed by atoms with Gasteiger partial charge in [-0.05, 0) is 39.0 Å². The van der Waals surface area contributed by atoms with Crippen molar-refractivity contribution in [3.63, 3.8) is 0 Å². The highest BCUT2D eigenvalue weighted by atomic mass is 32.2. The van der Waals surface area contributed by atoms with Crippen LogP contribution >= 0.6 is 0 Å². The Hall–Kier alpha value is -2.43. The van der Waals surface area contributed by atoms with E-state index in [4.69, 9.17) is 5.11 Å². The third-order valence-electron chi connectivity index (χ3n) is 4.90. The van der Waals surface area contributed by atoms with E-state index < -0.39 is 58.2 Å². The van der Waals surface area contributed by atoms with Crippen LogP contribution in [0.25, 0.3) is 0 Å². The Morgan fingerprint density at radius 3 is 2.61 bits per heavy atom. The van der Waals surface area contributed by atoms with Gasteiger partial charge in [0, 0.05) is 6.54 Å². The third-order valence-corrected chi connectivity index (χ3v) is 6.59. The minimum atomic E-state index is -1.53. The van der Waals surface area contributed by atoms with Gasteiger partial charge in [0.2, 0.25) is 11.8 Å². The molecule has 2 fully saturated rings. The number of nitrogens with zero attached hydrogens (tertiary/aromatic N) is 1. The van der Waals surface area contributed by atoms with Crippen LogP contribution in [-0.2, 0) is 25.4 Å². The number of carbonyl (C=O) groups excluding carboxylic acids is 3. The summed E-state index contributed by atoms with van der Waals surface area (Å²) in [6, 6.07) is -1.74. The minimum Gasteiger partial charge on any atom is -0.465 e. The molecule has 1 aliphatic heterocycles. The molecule has 3 unspecified atom stereocenters. The van der Waals surface area contributed by atoms with E-state index in [1.54, 1.807) is 0 Å². The van der Waals surface area contributed by atoms with Crippen molar-refractivity contribution >= 4 is 34.8 Å². The van der Waals surface area contributed by atoms with Crippen molar-refractivity contribution in [2.24, 2.45) is 0 Å². The molecule has 0 aromatic heterocycles. The van der Waals surface area contributed by atoms with E-state index in [9.17, 15) is 23.4 Å². The van der Waals surface area contributed by atoms with E-state index in [2.05, 4.69) is 16.6 Å². The van der Waals surface area contributed by atoms with Gasteiger partial charge in [-0.1, -0.05) is 6.08 Å². The lowest BCUT2D eigenvalue weighted by molar-refractivity contribution is -0.138. The van der Waals surface area contributed by atoms with Gasteiger partial charge < -0.3 is 20.6 Å². The first kappa shape index (κ1) is 21.9. The molecule has 2 rings (SSSR count). The number of carbonyl (C=O) groups is 4. The molecular formula is C17H26N4O6S. The van der Waals surface area contributed by atoms with Crippen molar-refractivity contribution in [2.75, 3.05) is 13.1 Å². The van der Waals surface area contributed by atoms with E-state index in [1.807, 2.05) is 12.2 Å². The largest absolute Gasteiger partial charge is 0.465 e. The summed E-state index contributed by atoms with van der Waals surface area (Å²) in [5, 5.41) is 13.2. The van der Waals surface area contributed by atoms with Gasteiger partial charge in [0.05, 0.1) is 4.75 Å². The fourth-order valence-corrected chi connectivity index (χ4v) is 3.95. The van der Waals surface area contributed by atoms with E-state index in [1.165, 1.54) is 11.0 Å². The summed E-state index contributed by atoms with van der Waals surface area (Å²) in [7, 11) is -1.53. The first-order valence-corrected chi connectivity index (χ1v) is 10.2. The fraction of sp³-hybridized carbons (Fsp3) is 0.647. The lowest BCUT2D eigenvalue weighted by atomic mass is 10.1. The third kappa shape index (κ3) is 5.54. The average molecular weight is 414 g/mol. The van der Waals surface area contributed by atoms with Crippen molar-refractivity contribution in [3.05, 3.63) is 12.7 Å². The van der Waals surface area contributed by atoms with Crippen LogP contribution in [0.3, 0.4) is 0 Å². The Morgan fingerprint density at radius 2 is 2.04 bits per heavy atom. The molecule has 4 N–H and O–H groups in total. The van der Waals surface area contributed by atoms with Gasteiger partial charge in [-0.3, -0.25) is 19.1 Å². The summed E-state index contributed by atoms with van der Waals surface area (Å²) in [6.07, 6.45) is 2.83. The highest BCUT2D eigenvalue weighted by Gasteiger charge is 2.45. The summed E-state index contributed by atoms with van der Waals surface area (Å²) in [5.41, 5.74) is 0. The summed E-state index contributed by atoms with van der Waals surface area (Å²) in [6.45, 7) is 5.30. The zero-order chi connectivity index (χ0) is 20.9. The van der Waals surface area contributed by atoms with Crippen LogP contribution in [0.4, 0.5) is 4.79 Å². The van der Waals surface area contributed by atoms with Gasteiger partial charge in [0.1, 0.15) is 29.6 Å². The van der Waals surface area contributed by atoms with Gasteiger partial charge in [-0.25, -0.2) is 9.00 Å². The monoisotopic (exact) mass is 414 g/mol. The molecule has 1 heterocycles. The molecule has 0 aromatic rings. The zero-order valence-corrected chi connectivity index (χ0v) is 16.5. The summed E-state index contributed by atoms with van der Waals surface area (Å²) in [4.78, 5) is 49.1. The summed E-state index contributed by atoms with van der Waals surface area (Å²) >= 11 is 0. The molecule has 10 nitrogen and oxygen atoms in total. The first-order valence-electron chi connectivity index (χ1n) is 9.08. The van der Waals surface area contributed by atoms with Crippen LogP contribution in [0.5, 0.6) is 0 Å². The first-order chi connectivity index (χ1) is 13.2. The lowest BCUT2D eigenvalue weighted by Crippen LogP contribution is -2.54. The van der Waals surface area contributed by atoms with Crippen molar-refractivity contribution in [2.45, 2.75) is 55.9 Å². The molecule has 11 heteroatoms. The van der Waals surface area contributed by atoms with E-state index in [0.717, 1.165) is 12.8 Å². The van der Waals surface area contributed by atoms with Crippen molar-refractivity contribution in [1.29, 1.82) is 0 Å².